The van der Waals surface area contributed by atoms with E-state index in [0.29, 0.717) is 10.8 Å². The summed E-state index contributed by atoms with van der Waals surface area (Å²) in [6.45, 7) is 4.55. The van der Waals surface area contributed by atoms with Crippen LogP contribution in [0, 0.1) is 0 Å². The van der Waals surface area contributed by atoms with Gasteiger partial charge in [0, 0.05) is 5.39 Å². The normalized spacial score (nSPS) is 12.9. The largest absolute Gasteiger partial charge is 0.297 e. The molecule has 0 aliphatic heterocycles. The maximum absolute atomic E-state index is 12.8. The van der Waals surface area contributed by atoms with Crippen LogP contribution in [0.2, 0.25) is 0 Å². The van der Waals surface area contributed by atoms with Crippen molar-refractivity contribution >= 4 is 57.7 Å². The van der Waals surface area contributed by atoms with E-state index in [2.05, 4.69) is 6.58 Å². The van der Waals surface area contributed by atoms with Crippen molar-refractivity contribution in [2.24, 2.45) is 0 Å². The van der Waals surface area contributed by atoms with E-state index in [1.165, 1.54) is 19.1 Å². The average molecular weight is 487 g/mol. The molecule has 3 rings (SSSR count). The first-order valence-corrected chi connectivity index (χ1v) is 12.5. The Hall–Kier alpha value is -2.68. The van der Waals surface area contributed by atoms with Gasteiger partial charge in [0.1, 0.15) is 14.7 Å². The third-order valence-electron chi connectivity index (χ3n) is 4.43. The summed E-state index contributed by atoms with van der Waals surface area (Å²) < 4.78 is 102. The van der Waals surface area contributed by atoms with Crippen molar-refractivity contribution in [3.05, 3.63) is 54.1 Å². The first-order valence-electron chi connectivity index (χ1n) is 8.20. The van der Waals surface area contributed by atoms with Crippen LogP contribution >= 0.6 is 0 Å². The Morgan fingerprint density at radius 2 is 1.16 bits per heavy atom. The zero-order valence-electron chi connectivity index (χ0n) is 15.6. The summed E-state index contributed by atoms with van der Waals surface area (Å²) in [5, 5.41) is -0.229. The van der Waals surface area contributed by atoms with E-state index in [-0.39, 0.29) is 5.57 Å². The second-order valence-electron chi connectivity index (χ2n) is 6.64. The minimum Gasteiger partial charge on any atom is -0.289 e. The molecule has 3 aromatic carbocycles. The lowest BCUT2D eigenvalue weighted by molar-refractivity contribution is 0.103. The number of allylic oxidation sites excluding steroid dienone is 1. The fourth-order valence-corrected chi connectivity index (χ4v) is 6.86. The van der Waals surface area contributed by atoms with Crippen LogP contribution in [-0.4, -0.2) is 44.7 Å². The Labute approximate surface area is 177 Å². The molecule has 0 unspecified atom stereocenters. The van der Waals surface area contributed by atoms with Crippen molar-refractivity contribution in [2.45, 2.75) is 21.6 Å². The molecule has 0 radical (unpaired) electrons. The summed E-state index contributed by atoms with van der Waals surface area (Å²) >= 11 is 0. The number of carbonyl (C=O) groups excluding carboxylic acids is 1. The molecule has 0 fully saturated rings. The zero-order valence-corrected chi connectivity index (χ0v) is 18.0. The van der Waals surface area contributed by atoms with E-state index >= 15 is 0 Å². The molecule has 0 spiro atoms. The highest BCUT2D eigenvalue weighted by Gasteiger charge is 2.39. The minimum atomic E-state index is -5.72. The van der Waals surface area contributed by atoms with Gasteiger partial charge in [-0.15, -0.1) is 0 Å². The molecular weight excluding hydrogens is 472 g/mol. The standard InChI is InChI=1S/C18H14O10S3/c1-9(2)15(19)14-12-7-10-5-3-4-6-11(10)8-13(12)16(29(20,21)22)18(31(26,27)28)17(14)30(23,24)25/h3-8H,1H2,2H3,(H,20,21,22)(H,23,24,25)(H,26,27,28). The lowest BCUT2D eigenvalue weighted by Gasteiger charge is -2.18. The van der Waals surface area contributed by atoms with Crippen molar-refractivity contribution < 1.29 is 43.7 Å². The quantitative estimate of drug-likeness (QED) is 0.210. The van der Waals surface area contributed by atoms with Gasteiger partial charge in [-0.3, -0.25) is 18.5 Å². The number of Topliss-reactive ketones (excluding diaryl/α,β-unsaturated/α-hetero) is 1. The summed E-state index contributed by atoms with van der Waals surface area (Å²) in [4.78, 5) is 7.82. The topological polar surface area (TPSA) is 180 Å². The molecule has 13 heteroatoms. The van der Waals surface area contributed by atoms with Crippen LogP contribution in [0.4, 0.5) is 0 Å². The molecule has 3 N–H and O–H groups in total. The summed E-state index contributed by atoms with van der Waals surface area (Å²) in [5.74, 6) is -1.14. The van der Waals surface area contributed by atoms with E-state index in [1.54, 1.807) is 18.2 Å². The summed E-state index contributed by atoms with van der Waals surface area (Å²) in [7, 11) is -16.9. The lowest BCUT2D eigenvalue weighted by Crippen LogP contribution is -2.20. The number of hydrogen-bond donors (Lipinski definition) is 3. The maximum Gasteiger partial charge on any atom is 0.297 e. The van der Waals surface area contributed by atoms with Gasteiger partial charge >= 0.3 is 0 Å². The number of rotatable bonds is 5. The zero-order chi connectivity index (χ0) is 23.5. The van der Waals surface area contributed by atoms with Crippen LogP contribution in [0.1, 0.15) is 17.3 Å². The SMILES string of the molecule is C=C(C)C(=O)c1c(S(=O)(=O)O)c(S(=O)(=O)O)c(S(=O)(=O)O)c2cc3ccccc3cc12. The number of fused-ring (bicyclic) bond motifs is 2. The highest BCUT2D eigenvalue weighted by molar-refractivity contribution is 7.90. The fraction of sp³-hybridized carbons (Fsp3) is 0.0556. The fourth-order valence-electron chi connectivity index (χ4n) is 3.27. The second kappa shape index (κ2) is 7.19. The second-order valence-corrected chi connectivity index (χ2v) is 10.7. The third kappa shape index (κ3) is 3.98. The monoisotopic (exact) mass is 486 g/mol. The summed E-state index contributed by atoms with van der Waals surface area (Å²) in [5.41, 5.74) is -1.20. The van der Waals surface area contributed by atoms with Crippen LogP contribution in [0.5, 0.6) is 0 Å². The molecule has 0 saturated carbocycles. The molecule has 10 nitrogen and oxygen atoms in total. The van der Waals surface area contributed by atoms with Gasteiger partial charge in [-0.2, -0.15) is 25.3 Å². The van der Waals surface area contributed by atoms with Gasteiger partial charge in [-0.05, 0) is 40.8 Å². The molecule has 0 amide bonds. The first kappa shape index (κ1) is 23.0. The molecule has 0 aromatic heterocycles. The molecule has 164 valence electrons. The number of carbonyl (C=O) groups is 1. The number of hydrogen-bond acceptors (Lipinski definition) is 7. The molecule has 0 saturated heterocycles. The molecule has 0 heterocycles. The predicted molar refractivity (Wildman–Crippen MR) is 110 cm³/mol. The minimum absolute atomic E-state index is 0.278. The summed E-state index contributed by atoms with van der Waals surface area (Å²) in [6.07, 6.45) is 0. The van der Waals surface area contributed by atoms with E-state index in [0.717, 1.165) is 6.07 Å². The Balaban J connectivity index is 2.93. The van der Waals surface area contributed by atoms with Crippen molar-refractivity contribution in [3.63, 3.8) is 0 Å². The van der Waals surface area contributed by atoms with Gasteiger partial charge in [0.2, 0.25) is 0 Å². The molecule has 0 aliphatic carbocycles. The molecular formula is C18H14O10S3. The van der Waals surface area contributed by atoms with Crippen molar-refractivity contribution in [3.8, 4) is 0 Å². The predicted octanol–water partition coefficient (Wildman–Crippen LogP) is 2.49. The molecule has 31 heavy (non-hydrogen) atoms. The summed E-state index contributed by atoms with van der Waals surface area (Å²) in [6, 6.07) is 8.50. The Morgan fingerprint density at radius 1 is 0.742 bits per heavy atom. The molecule has 0 aliphatic rings. The molecule has 3 aromatic rings. The third-order valence-corrected chi connectivity index (χ3v) is 7.47. The van der Waals surface area contributed by atoms with Gasteiger partial charge in [0.05, 0.1) is 5.56 Å². The van der Waals surface area contributed by atoms with Crippen LogP contribution in [0.3, 0.4) is 0 Å². The van der Waals surface area contributed by atoms with Gasteiger partial charge in [0.15, 0.2) is 5.78 Å². The maximum atomic E-state index is 12.8. The molecule has 0 bridgehead atoms. The number of ketones is 1. The van der Waals surface area contributed by atoms with Gasteiger partial charge in [-0.1, -0.05) is 30.8 Å². The Morgan fingerprint density at radius 3 is 1.55 bits per heavy atom. The van der Waals surface area contributed by atoms with Crippen LogP contribution in [0.15, 0.2) is 63.2 Å². The highest BCUT2D eigenvalue weighted by atomic mass is 32.2. The van der Waals surface area contributed by atoms with Crippen LogP contribution in [-0.2, 0) is 30.4 Å². The number of benzene rings is 3. The van der Waals surface area contributed by atoms with Crippen LogP contribution in [0.25, 0.3) is 21.5 Å². The molecule has 0 atom stereocenters. The van der Waals surface area contributed by atoms with Crippen LogP contribution < -0.4 is 0 Å². The van der Waals surface area contributed by atoms with E-state index in [1.807, 2.05) is 0 Å². The Bertz CT molecular complexity index is 1630. The van der Waals surface area contributed by atoms with E-state index < -0.39 is 67.2 Å². The highest BCUT2D eigenvalue weighted by Crippen LogP contribution is 2.41. The lowest BCUT2D eigenvalue weighted by atomic mass is 9.95. The first-order chi connectivity index (χ1) is 14.0. The van der Waals surface area contributed by atoms with Gasteiger partial charge in [-0.25, -0.2) is 0 Å². The average Bonchev–Trinajstić information content (AvgIpc) is 2.61. The van der Waals surface area contributed by atoms with Gasteiger partial charge in [0.25, 0.3) is 30.4 Å². The van der Waals surface area contributed by atoms with Crippen molar-refractivity contribution in [1.29, 1.82) is 0 Å². The van der Waals surface area contributed by atoms with E-state index in [9.17, 15) is 43.7 Å². The van der Waals surface area contributed by atoms with Gasteiger partial charge < -0.3 is 0 Å². The van der Waals surface area contributed by atoms with Crippen molar-refractivity contribution in [2.75, 3.05) is 0 Å². The van der Waals surface area contributed by atoms with Crippen molar-refractivity contribution in [1.82, 2.24) is 0 Å². The smallest absolute Gasteiger partial charge is 0.289 e. The van der Waals surface area contributed by atoms with E-state index in [4.69, 9.17) is 0 Å². The Kier molecular flexibility index (Phi) is 5.33.